The molecule has 0 N–H and O–H groups in total. The van der Waals surface area contributed by atoms with Gasteiger partial charge in [0.05, 0.1) is 11.0 Å². The maximum Gasteiger partial charge on any atom is 0.0971 e. The minimum atomic E-state index is -0.165. The lowest BCUT2D eigenvalue weighted by atomic mass is 9.80. The van der Waals surface area contributed by atoms with Crippen LogP contribution in [0.4, 0.5) is 0 Å². The van der Waals surface area contributed by atoms with Crippen LogP contribution in [0.15, 0.2) is 182 Å². The lowest BCUT2D eigenvalue weighted by Crippen LogP contribution is -2.15. The van der Waals surface area contributed by atoms with E-state index in [9.17, 15) is 0 Å². The molecular formula is C55H36N2S. The van der Waals surface area contributed by atoms with Gasteiger partial charge in [-0.05, 0) is 114 Å². The van der Waals surface area contributed by atoms with Crippen LogP contribution in [-0.4, -0.2) is 9.97 Å². The van der Waals surface area contributed by atoms with Gasteiger partial charge in [-0.3, -0.25) is 9.97 Å². The fraction of sp³-hybridized carbons (Fsp3) is 0.0545. The summed E-state index contributed by atoms with van der Waals surface area (Å²) in [6, 6.07) is 63.0. The van der Waals surface area contributed by atoms with Crippen LogP contribution in [0.5, 0.6) is 0 Å². The Balaban J connectivity index is 0.895. The first-order valence-electron chi connectivity index (χ1n) is 20.0. The van der Waals surface area contributed by atoms with E-state index in [1.807, 2.05) is 11.3 Å². The highest BCUT2D eigenvalue weighted by Crippen LogP contribution is 2.51. The summed E-state index contributed by atoms with van der Waals surface area (Å²) in [4.78, 5) is 9.60. The monoisotopic (exact) mass is 756 g/mol. The predicted molar refractivity (Wildman–Crippen MR) is 247 cm³/mol. The summed E-state index contributed by atoms with van der Waals surface area (Å²) < 4.78 is 2.68. The van der Waals surface area contributed by atoms with Gasteiger partial charge < -0.3 is 0 Å². The third-order valence-electron chi connectivity index (χ3n) is 12.6. The third-order valence-corrected chi connectivity index (χ3v) is 13.8. The molecule has 2 nitrogen and oxygen atoms in total. The topological polar surface area (TPSA) is 25.8 Å². The van der Waals surface area contributed by atoms with E-state index >= 15 is 0 Å². The fourth-order valence-corrected chi connectivity index (χ4v) is 10.9. The lowest BCUT2D eigenvalue weighted by Gasteiger charge is -2.23. The average Bonchev–Trinajstić information content (AvgIpc) is 3.78. The Bertz CT molecular complexity index is 3460. The van der Waals surface area contributed by atoms with E-state index in [2.05, 4.69) is 184 Å². The molecule has 0 amide bonds. The Kier molecular flexibility index (Phi) is 7.18. The second-order valence-corrected chi connectivity index (χ2v) is 17.2. The van der Waals surface area contributed by atoms with Crippen molar-refractivity contribution in [3.8, 4) is 55.6 Å². The highest BCUT2D eigenvalue weighted by atomic mass is 32.1. The molecule has 2 heterocycles. The molecule has 0 fully saturated rings. The van der Waals surface area contributed by atoms with Crippen molar-refractivity contribution < 1.29 is 0 Å². The number of aromatic nitrogens is 2. The van der Waals surface area contributed by atoms with Gasteiger partial charge in [-0.25, -0.2) is 0 Å². The van der Waals surface area contributed by atoms with Crippen molar-refractivity contribution in [1.29, 1.82) is 0 Å². The zero-order chi connectivity index (χ0) is 38.5. The van der Waals surface area contributed by atoms with Gasteiger partial charge in [-0.15, -0.1) is 11.3 Å². The average molecular weight is 757 g/mol. The van der Waals surface area contributed by atoms with E-state index in [4.69, 9.17) is 9.97 Å². The molecule has 272 valence electrons. The summed E-state index contributed by atoms with van der Waals surface area (Å²) in [6.45, 7) is 4.75. The predicted octanol–water partition coefficient (Wildman–Crippen LogP) is 15.3. The maximum absolute atomic E-state index is 4.83. The van der Waals surface area contributed by atoms with Gasteiger partial charge in [0.25, 0.3) is 0 Å². The number of nitrogens with zero attached hydrogens (tertiary/aromatic N) is 2. The van der Waals surface area contributed by atoms with Crippen LogP contribution in [0.3, 0.4) is 0 Å². The molecule has 0 aliphatic heterocycles. The van der Waals surface area contributed by atoms with E-state index in [0.717, 1.165) is 21.8 Å². The molecule has 12 rings (SSSR count). The number of fused-ring (bicyclic) bond motifs is 12. The first-order valence-corrected chi connectivity index (χ1v) is 20.8. The summed E-state index contributed by atoms with van der Waals surface area (Å²) in [6.07, 6.45) is 3.59. The highest BCUT2D eigenvalue weighted by Gasteiger charge is 2.36. The van der Waals surface area contributed by atoms with E-state index in [1.165, 1.54) is 97.7 Å². The molecule has 0 atom stereocenters. The standard InChI is InChI=1S/C55H36N2S/c1-55(2)49-31-37(34-11-7-10-33(28-34)35-12-8-13-39(29-35)40-17-9-18-47-45-15-5-6-19-51(45)58-54(40)47)21-24-43(49)44-25-22-38(32-50(44)55)36-20-23-42-41-14-3-4-16-46(41)52-53(48(42)30-36)57-27-26-56-52/h3-32H,1-2H3. The highest BCUT2D eigenvalue weighted by molar-refractivity contribution is 7.26. The van der Waals surface area contributed by atoms with E-state index in [0.29, 0.717) is 0 Å². The molecule has 1 aliphatic rings. The molecular weight excluding hydrogens is 721 g/mol. The van der Waals surface area contributed by atoms with Crippen molar-refractivity contribution in [2.24, 2.45) is 0 Å². The quantitative estimate of drug-likeness (QED) is 0.167. The number of thiophene rings is 1. The molecule has 1 aliphatic carbocycles. The van der Waals surface area contributed by atoms with Gasteiger partial charge >= 0.3 is 0 Å². The summed E-state index contributed by atoms with van der Waals surface area (Å²) in [7, 11) is 0. The van der Waals surface area contributed by atoms with Gasteiger partial charge in [0, 0.05) is 48.8 Å². The van der Waals surface area contributed by atoms with Gasteiger partial charge in [0.1, 0.15) is 0 Å². The third kappa shape index (κ3) is 4.97. The Hall–Kier alpha value is -6.94. The van der Waals surface area contributed by atoms with Crippen LogP contribution in [0, 0.1) is 0 Å². The Morgan fingerprint density at radius 1 is 0.362 bits per heavy atom. The van der Waals surface area contributed by atoms with Gasteiger partial charge in [0.2, 0.25) is 0 Å². The van der Waals surface area contributed by atoms with E-state index in [1.54, 1.807) is 12.4 Å². The summed E-state index contributed by atoms with van der Waals surface area (Å²) in [5.74, 6) is 0. The molecule has 0 radical (unpaired) electrons. The van der Waals surface area contributed by atoms with Crippen molar-refractivity contribution in [2.45, 2.75) is 19.3 Å². The Morgan fingerprint density at radius 2 is 0.862 bits per heavy atom. The molecule has 0 unspecified atom stereocenters. The summed E-state index contributed by atoms with van der Waals surface area (Å²) in [5.41, 5.74) is 16.9. The zero-order valence-electron chi connectivity index (χ0n) is 32.1. The van der Waals surface area contributed by atoms with Crippen LogP contribution in [-0.2, 0) is 5.41 Å². The molecule has 58 heavy (non-hydrogen) atoms. The molecule has 0 saturated carbocycles. The summed E-state index contributed by atoms with van der Waals surface area (Å²) in [5, 5.41) is 7.34. The van der Waals surface area contributed by atoms with Crippen LogP contribution < -0.4 is 0 Å². The summed E-state index contributed by atoms with van der Waals surface area (Å²) >= 11 is 1.89. The second-order valence-electron chi connectivity index (χ2n) is 16.1. The molecule has 11 aromatic rings. The Labute approximate surface area is 340 Å². The SMILES string of the molecule is CC1(C)c2cc(-c3cccc(-c4cccc(-c5cccc6c5sc5ccccc56)c4)c3)ccc2-c2ccc(-c3ccc4c5ccccc5c5nccnc5c4c3)cc21. The van der Waals surface area contributed by atoms with Crippen LogP contribution >= 0.6 is 11.3 Å². The second kappa shape index (κ2) is 12.5. The number of hydrogen-bond donors (Lipinski definition) is 0. The first-order chi connectivity index (χ1) is 28.5. The normalized spacial score (nSPS) is 13.1. The number of rotatable bonds is 4. The molecule has 0 spiro atoms. The van der Waals surface area contributed by atoms with Crippen LogP contribution in [0.1, 0.15) is 25.0 Å². The van der Waals surface area contributed by atoms with Crippen molar-refractivity contribution >= 4 is 64.1 Å². The van der Waals surface area contributed by atoms with Crippen LogP contribution in [0.2, 0.25) is 0 Å². The van der Waals surface area contributed by atoms with Crippen molar-refractivity contribution in [3.05, 3.63) is 193 Å². The number of benzene rings is 9. The lowest BCUT2D eigenvalue weighted by molar-refractivity contribution is 0.661. The van der Waals surface area contributed by atoms with Crippen LogP contribution in [0.25, 0.3) is 108 Å². The smallest absolute Gasteiger partial charge is 0.0971 e. The minimum Gasteiger partial charge on any atom is -0.252 e. The zero-order valence-corrected chi connectivity index (χ0v) is 32.9. The van der Waals surface area contributed by atoms with Gasteiger partial charge in [0.15, 0.2) is 0 Å². The van der Waals surface area contributed by atoms with E-state index in [-0.39, 0.29) is 5.41 Å². The molecule has 3 heteroatoms. The molecule has 0 bridgehead atoms. The largest absolute Gasteiger partial charge is 0.252 e. The minimum absolute atomic E-state index is 0.165. The van der Waals surface area contributed by atoms with Gasteiger partial charge in [-0.2, -0.15) is 0 Å². The van der Waals surface area contributed by atoms with Gasteiger partial charge in [-0.1, -0.05) is 147 Å². The molecule has 9 aromatic carbocycles. The first kappa shape index (κ1) is 33.2. The number of hydrogen-bond acceptors (Lipinski definition) is 3. The molecule has 0 saturated heterocycles. The molecule has 2 aromatic heterocycles. The maximum atomic E-state index is 4.83. The Morgan fingerprint density at radius 3 is 1.57 bits per heavy atom. The van der Waals surface area contributed by atoms with E-state index < -0.39 is 0 Å². The van der Waals surface area contributed by atoms with Crippen molar-refractivity contribution in [3.63, 3.8) is 0 Å². The van der Waals surface area contributed by atoms with Crippen molar-refractivity contribution in [1.82, 2.24) is 9.97 Å². The fourth-order valence-electron chi connectivity index (χ4n) is 9.63. The van der Waals surface area contributed by atoms with Crippen molar-refractivity contribution in [2.75, 3.05) is 0 Å².